The fourth-order valence-corrected chi connectivity index (χ4v) is 0.726. The van der Waals surface area contributed by atoms with Crippen LogP contribution in [0.3, 0.4) is 0 Å². The van der Waals surface area contributed by atoms with Crippen LogP contribution in [0, 0.1) is 6.92 Å². The van der Waals surface area contributed by atoms with E-state index in [0.29, 0.717) is 23.6 Å². The van der Waals surface area contributed by atoms with Gasteiger partial charge in [-0.2, -0.15) is 0 Å². The van der Waals surface area contributed by atoms with Crippen molar-refractivity contribution in [1.82, 2.24) is 4.98 Å². The second-order valence-electron chi connectivity index (χ2n) is 2.03. The highest BCUT2D eigenvalue weighted by Crippen LogP contribution is 2.07. The van der Waals surface area contributed by atoms with Gasteiger partial charge in [0.15, 0.2) is 17.9 Å². The van der Waals surface area contributed by atoms with E-state index in [1.807, 2.05) is 6.92 Å². The molecule has 0 saturated heterocycles. The van der Waals surface area contributed by atoms with Crippen LogP contribution in [0.4, 0.5) is 0 Å². The van der Waals surface area contributed by atoms with Gasteiger partial charge in [-0.15, -0.1) is 0 Å². The summed E-state index contributed by atoms with van der Waals surface area (Å²) in [4.78, 5) is 14.2. The zero-order valence-electron chi connectivity index (χ0n) is 6.05. The number of hydrogen-bond donors (Lipinski definition) is 0. The molecule has 0 spiro atoms. The Hall–Kier alpha value is -1.12. The van der Waals surface area contributed by atoms with E-state index in [2.05, 4.69) is 4.98 Å². The van der Waals surface area contributed by atoms with Crippen LogP contribution in [-0.4, -0.2) is 11.3 Å². The monoisotopic (exact) mass is 139 g/mol. The number of nitrogens with zero attached hydrogens (tertiary/aromatic N) is 1. The van der Waals surface area contributed by atoms with Crippen molar-refractivity contribution in [2.24, 2.45) is 0 Å². The topological polar surface area (TPSA) is 43.1 Å². The molecule has 0 atom stereocenters. The second-order valence-corrected chi connectivity index (χ2v) is 2.03. The third kappa shape index (κ3) is 1.07. The van der Waals surface area contributed by atoms with Crippen molar-refractivity contribution in [3.05, 3.63) is 17.3 Å². The number of carbonyl (C=O) groups is 1. The molecule has 0 saturated carbocycles. The van der Waals surface area contributed by atoms with Gasteiger partial charge in [-0.05, 0) is 6.92 Å². The van der Waals surface area contributed by atoms with E-state index < -0.39 is 0 Å². The van der Waals surface area contributed by atoms with Crippen LogP contribution in [0.25, 0.3) is 0 Å². The first-order chi connectivity index (χ1) is 4.77. The first-order valence-corrected chi connectivity index (χ1v) is 3.19. The molecule has 0 N–H and O–H groups in total. The molecule has 0 aliphatic carbocycles. The van der Waals surface area contributed by atoms with E-state index in [1.54, 1.807) is 6.92 Å². The predicted octanol–water partition coefficient (Wildman–Crippen LogP) is 1.36. The Morgan fingerprint density at radius 1 is 1.70 bits per heavy atom. The van der Waals surface area contributed by atoms with E-state index >= 15 is 0 Å². The lowest BCUT2D eigenvalue weighted by atomic mass is 10.4. The average molecular weight is 139 g/mol. The van der Waals surface area contributed by atoms with Crippen molar-refractivity contribution in [2.75, 3.05) is 0 Å². The number of aldehydes is 1. The molecule has 1 rings (SSSR count). The molecule has 1 aromatic rings. The van der Waals surface area contributed by atoms with Crippen molar-refractivity contribution in [2.45, 2.75) is 20.3 Å². The quantitative estimate of drug-likeness (QED) is 0.581. The van der Waals surface area contributed by atoms with Crippen LogP contribution in [-0.2, 0) is 6.42 Å². The fourth-order valence-electron chi connectivity index (χ4n) is 0.726. The maximum Gasteiger partial charge on any atom is 0.195 e. The van der Waals surface area contributed by atoms with Crippen LogP contribution in [0.5, 0.6) is 0 Å². The van der Waals surface area contributed by atoms with Crippen molar-refractivity contribution in [3.63, 3.8) is 0 Å². The second kappa shape index (κ2) is 2.64. The number of aryl methyl sites for hydroxylation is 2. The molecule has 0 amide bonds. The molecule has 0 radical (unpaired) electrons. The lowest BCUT2D eigenvalue weighted by Gasteiger charge is -1.80. The lowest BCUT2D eigenvalue weighted by molar-refractivity contribution is 0.109. The maximum absolute atomic E-state index is 10.2. The van der Waals surface area contributed by atoms with E-state index in [1.165, 1.54) is 0 Å². The molecule has 0 bridgehead atoms. The van der Waals surface area contributed by atoms with Gasteiger partial charge < -0.3 is 4.42 Å². The fraction of sp³-hybridized carbons (Fsp3) is 0.429. The van der Waals surface area contributed by atoms with Crippen molar-refractivity contribution >= 4 is 6.29 Å². The largest absolute Gasteiger partial charge is 0.438 e. The molecule has 1 heterocycles. The predicted molar refractivity (Wildman–Crippen MR) is 36.0 cm³/mol. The highest BCUT2D eigenvalue weighted by Gasteiger charge is 2.05. The molecule has 0 fully saturated rings. The maximum atomic E-state index is 10.2. The van der Waals surface area contributed by atoms with E-state index in [9.17, 15) is 4.79 Å². The minimum atomic E-state index is 0.344. The number of hydrogen-bond acceptors (Lipinski definition) is 3. The smallest absolute Gasteiger partial charge is 0.195 e. The Balaban J connectivity index is 3.03. The summed E-state index contributed by atoms with van der Waals surface area (Å²) in [5, 5.41) is 0. The van der Waals surface area contributed by atoms with Gasteiger partial charge in [-0.3, -0.25) is 4.79 Å². The summed E-state index contributed by atoms with van der Waals surface area (Å²) in [5.74, 6) is 0.969. The van der Waals surface area contributed by atoms with Crippen molar-refractivity contribution in [3.8, 4) is 0 Å². The van der Waals surface area contributed by atoms with Crippen molar-refractivity contribution < 1.29 is 9.21 Å². The first kappa shape index (κ1) is 6.99. The molecule has 1 aromatic heterocycles. The highest BCUT2D eigenvalue weighted by molar-refractivity contribution is 5.71. The Bertz CT molecular complexity index is 240. The SMILES string of the molecule is CCc1nc(C)c(C=O)o1. The van der Waals surface area contributed by atoms with E-state index in [0.717, 1.165) is 6.42 Å². The molecule has 3 nitrogen and oxygen atoms in total. The number of aromatic nitrogens is 1. The van der Waals surface area contributed by atoms with Gasteiger partial charge in [-0.1, -0.05) is 6.92 Å². The van der Waals surface area contributed by atoms with Crippen LogP contribution in [0.15, 0.2) is 4.42 Å². The van der Waals surface area contributed by atoms with Gasteiger partial charge in [0.05, 0.1) is 5.69 Å². The zero-order valence-corrected chi connectivity index (χ0v) is 6.05. The van der Waals surface area contributed by atoms with E-state index in [4.69, 9.17) is 4.42 Å². The van der Waals surface area contributed by atoms with Gasteiger partial charge in [0.1, 0.15) is 0 Å². The van der Waals surface area contributed by atoms with Crippen LogP contribution in [0.2, 0.25) is 0 Å². The summed E-state index contributed by atoms with van der Waals surface area (Å²) in [5.41, 5.74) is 0.673. The Kier molecular flexibility index (Phi) is 1.85. The molecule has 0 aromatic carbocycles. The highest BCUT2D eigenvalue weighted by atomic mass is 16.4. The normalized spacial score (nSPS) is 9.80. The van der Waals surface area contributed by atoms with Gasteiger partial charge >= 0.3 is 0 Å². The van der Waals surface area contributed by atoms with Gasteiger partial charge in [0.2, 0.25) is 0 Å². The van der Waals surface area contributed by atoms with Gasteiger partial charge in [-0.25, -0.2) is 4.98 Å². The van der Waals surface area contributed by atoms with E-state index in [-0.39, 0.29) is 0 Å². The Labute approximate surface area is 59.1 Å². The minimum Gasteiger partial charge on any atom is -0.438 e. The van der Waals surface area contributed by atoms with Gasteiger partial charge in [0.25, 0.3) is 0 Å². The minimum absolute atomic E-state index is 0.344. The molecular weight excluding hydrogens is 130 g/mol. The summed E-state index contributed by atoms with van der Waals surface area (Å²) in [6.45, 7) is 3.69. The number of oxazole rings is 1. The third-order valence-electron chi connectivity index (χ3n) is 1.29. The summed E-state index contributed by atoms with van der Waals surface area (Å²) < 4.78 is 5.03. The summed E-state index contributed by atoms with van der Waals surface area (Å²) in [7, 11) is 0. The summed E-state index contributed by atoms with van der Waals surface area (Å²) in [6.07, 6.45) is 1.41. The Morgan fingerprint density at radius 3 is 2.70 bits per heavy atom. The third-order valence-corrected chi connectivity index (χ3v) is 1.29. The molecule has 0 aliphatic rings. The van der Waals surface area contributed by atoms with Crippen molar-refractivity contribution in [1.29, 1.82) is 0 Å². The number of carbonyl (C=O) groups excluding carboxylic acids is 1. The average Bonchev–Trinajstić information content (AvgIpc) is 2.30. The number of rotatable bonds is 2. The van der Waals surface area contributed by atoms with Crippen LogP contribution in [0.1, 0.15) is 29.1 Å². The van der Waals surface area contributed by atoms with Gasteiger partial charge in [0, 0.05) is 6.42 Å². The molecular formula is C7H9NO2. The summed E-state index contributed by atoms with van der Waals surface area (Å²) >= 11 is 0. The molecule has 0 unspecified atom stereocenters. The van der Waals surface area contributed by atoms with Crippen LogP contribution < -0.4 is 0 Å². The first-order valence-electron chi connectivity index (χ1n) is 3.19. The molecule has 10 heavy (non-hydrogen) atoms. The molecule has 3 heteroatoms. The molecule has 0 aliphatic heterocycles. The Morgan fingerprint density at radius 2 is 2.40 bits per heavy atom. The lowest BCUT2D eigenvalue weighted by Crippen LogP contribution is -1.78. The van der Waals surface area contributed by atoms with Crippen LogP contribution >= 0.6 is 0 Å². The zero-order chi connectivity index (χ0) is 7.56. The standard InChI is InChI=1S/C7H9NO2/c1-3-7-8-5(2)6(4-9)10-7/h4H,3H2,1-2H3. The molecule has 54 valence electrons. The summed E-state index contributed by atoms with van der Waals surface area (Å²) in [6, 6.07) is 0.